The Labute approximate surface area is 82.0 Å². The van der Waals surface area contributed by atoms with E-state index in [1.807, 2.05) is 18.2 Å². The highest BCUT2D eigenvalue weighted by atomic mass is 16.5. The molecule has 4 heteroatoms. The summed E-state index contributed by atoms with van der Waals surface area (Å²) in [6, 6.07) is 5.81. The number of hydrogen-bond acceptors (Lipinski definition) is 4. The highest BCUT2D eigenvalue weighted by molar-refractivity contribution is 5.47. The summed E-state index contributed by atoms with van der Waals surface area (Å²) in [5.41, 5.74) is 1.80. The van der Waals surface area contributed by atoms with Gasteiger partial charge in [0.25, 0.3) is 0 Å². The first-order valence-corrected chi connectivity index (χ1v) is 4.56. The fourth-order valence-electron chi connectivity index (χ4n) is 1.20. The summed E-state index contributed by atoms with van der Waals surface area (Å²) in [6.07, 6.45) is 0.907. The standard InChI is InChI=1S/C10H11N3O/c1-3-8-5-4-6-9(12-8)10-11-7(2)14-13-10/h4-6H,3H2,1-2H3. The van der Waals surface area contributed by atoms with Gasteiger partial charge in [0.15, 0.2) is 0 Å². The molecule has 0 saturated heterocycles. The van der Waals surface area contributed by atoms with Crippen molar-refractivity contribution in [1.82, 2.24) is 15.1 Å². The average molecular weight is 189 g/mol. The van der Waals surface area contributed by atoms with E-state index >= 15 is 0 Å². The third-order valence-electron chi connectivity index (χ3n) is 1.93. The maximum atomic E-state index is 4.89. The van der Waals surface area contributed by atoms with Gasteiger partial charge in [0, 0.05) is 12.6 Å². The van der Waals surface area contributed by atoms with E-state index in [4.69, 9.17) is 4.52 Å². The van der Waals surface area contributed by atoms with Crippen molar-refractivity contribution in [2.45, 2.75) is 20.3 Å². The molecule has 0 atom stereocenters. The van der Waals surface area contributed by atoms with Crippen molar-refractivity contribution < 1.29 is 4.52 Å². The topological polar surface area (TPSA) is 51.8 Å². The zero-order valence-electron chi connectivity index (χ0n) is 8.19. The van der Waals surface area contributed by atoms with Crippen LogP contribution in [0.1, 0.15) is 18.5 Å². The van der Waals surface area contributed by atoms with E-state index in [-0.39, 0.29) is 0 Å². The van der Waals surface area contributed by atoms with Crippen LogP contribution in [0.4, 0.5) is 0 Å². The molecular formula is C10H11N3O. The van der Waals surface area contributed by atoms with Crippen LogP contribution in [0.5, 0.6) is 0 Å². The van der Waals surface area contributed by atoms with Gasteiger partial charge in [-0.25, -0.2) is 4.98 Å². The van der Waals surface area contributed by atoms with E-state index in [0.29, 0.717) is 11.7 Å². The minimum atomic E-state index is 0.554. The summed E-state index contributed by atoms with van der Waals surface area (Å²) in [4.78, 5) is 8.51. The summed E-state index contributed by atoms with van der Waals surface area (Å²) in [6.45, 7) is 3.83. The molecule has 0 saturated carbocycles. The first-order chi connectivity index (χ1) is 6.79. The van der Waals surface area contributed by atoms with Crippen LogP contribution in [0.25, 0.3) is 11.5 Å². The Balaban J connectivity index is 2.41. The second kappa shape index (κ2) is 3.57. The van der Waals surface area contributed by atoms with Crippen LogP contribution in [0.3, 0.4) is 0 Å². The Morgan fingerprint density at radius 1 is 1.29 bits per heavy atom. The minimum Gasteiger partial charge on any atom is -0.339 e. The molecule has 0 fully saturated rings. The molecule has 0 bridgehead atoms. The summed E-state index contributed by atoms with van der Waals surface area (Å²) in [7, 11) is 0. The molecule has 0 aromatic carbocycles. The van der Waals surface area contributed by atoms with E-state index in [1.165, 1.54) is 0 Å². The molecule has 0 amide bonds. The molecule has 2 aromatic rings. The zero-order chi connectivity index (χ0) is 9.97. The average Bonchev–Trinajstić information content (AvgIpc) is 2.65. The van der Waals surface area contributed by atoms with Crippen LogP contribution in [-0.4, -0.2) is 15.1 Å². The molecule has 0 aliphatic heterocycles. The minimum absolute atomic E-state index is 0.554. The fourth-order valence-corrected chi connectivity index (χ4v) is 1.20. The number of aromatic nitrogens is 3. The molecule has 0 aliphatic rings. The molecule has 0 unspecified atom stereocenters. The first-order valence-electron chi connectivity index (χ1n) is 4.56. The highest BCUT2D eigenvalue weighted by Gasteiger charge is 2.06. The van der Waals surface area contributed by atoms with Gasteiger partial charge < -0.3 is 4.52 Å². The van der Waals surface area contributed by atoms with Crippen LogP contribution in [-0.2, 0) is 6.42 Å². The molecule has 2 heterocycles. The first kappa shape index (κ1) is 8.87. The van der Waals surface area contributed by atoms with Gasteiger partial charge in [-0.3, -0.25) is 0 Å². The lowest BCUT2D eigenvalue weighted by molar-refractivity contribution is 0.394. The summed E-state index contributed by atoms with van der Waals surface area (Å²) in [5.74, 6) is 1.11. The van der Waals surface area contributed by atoms with Crippen molar-refractivity contribution in [2.24, 2.45) is 0 Å². The lowest BCUT2D eigenvalue weighted by atomic mass is 10.2. The lowest BCUT2D eigenvalue weighted by Crippen LogP contribution is -1.90. The second-order valence-electron chi connectivity index (χ2n) is 3.00. The number of rotatable bonds is 2. The summed E-state index contributed by atoms with van der Waals surface area (Å²) < 4.78 is 4.89. The van der Waals surface area contributed by atoms with Crippen molar-refractivity contribution in [1.29, 1.82) is 0 Å². The van der Waals surface area contributed by atoms with Crippen molar-refractivity contribution in [3.63, 3.8) is 0 Å². The molecule has 0 aliphatic carbocycles. The van der Waals surface area contributed by atoms with Crippen molar-refractivity contribution in [2.75, 3.05) is 0 Å². The monoisotopic (exact) mass is 189 g/mol. The second-order valence-corrected chi connectivity index (χ2v) is 3.00. The van der Waals surface area contributed by atoms with E-state index in [2.05, 4.69) is 22.0 Å². The maximum Gasteiger partial charge on any atom is 0.223 e. The number of hydrogen-bond donors (Lipinski definition) is 0. The Morgan fingerprint density at radius 2 is 2.14 bits per heavy atom. The van der Waals surface area contributed by atoms with Crippen molar-refractivity contribution in [3.05, 3.63) is 29.8 Å². The molecule has 0 N–H and O–H groups in total. The van der Waals surface area contributed by atoms with E-state index in [0.717, 1.165) is 17.8 Å². The van der Waals surface area contributed by atoms with Gasteiger partial charge in [-0.1, -0.05) is 18.1 Å². The third-order valence-corrected chi connectivity index (χ3v) is 1.93. The van der Waals surface area contributed by atoms with Crippen molar-refractivity contribution in [3.8, 4) is 11.5 Å². The van der Waals surface area contributed by atoms with Crippen LogP contribution >= 0.6 is 0 Å². The zero-order valence-corrected chi connectivity index (χ0v) is 8.19. The smallest absolute Gasteiger partial charge is 0.223 e. The Bertz CT molecular complexity index is 436. The van der Waals surface area contributed by atoms with E-state index in [9.17, 15) is 0 Å². The van der Waals surface area contributed by atoms with Gasteiger partial charge in [-0.05, 0) is 18.6 Å². The lowest BCUT2D eigenvalue weighted by Gasteiger charge is -1.96. The number of aryl methyl sites for hydroxylation is 2. The largest absolute Gasteiger partial charge is 0.339 e. The van der Waals surface area contributed by atoms with Crippen LogP contribution in [0.2, 0.25) is 0 Å². The van der Waals surface area contributed by atoms with Gasteiger partial charge in [0.1, 0.15) is 5.69 Å². The van der Waals surface area contributed by atoms with Gasteiger partial charge in [0.2, 0.25) is 11.7 Å². The van der Waals surface area contributed by atoms with Crippen molar-refractivity contribution >= 4 is 0 Å². The fraction of sp³-hybridized carbons (Fsp3) is 0.300. The number of pyridine rings is 1. The Hall–Kier alpha value is -1.71. The predicted molar refractivity (Wildman–Crippen MR) is 51.6 cm³/mol. The van der Waals surface area contributed by atoms with Gasteiger partial charge in [-0.15, -0.1) is 0 Å². The van der Waals surface area contributed by atoms with Crippen LogP contribution in [0, 0.1) is 6.92 Å². The third kappa shape index (κ3) is 1.64. The normalized spacial score (nSPS) is 10.4. The highest BCUT2D eigenvalue weighted by Crippen LogP contribution is 2.13. The number of nitrogens with zero attached hydrogens (tertiary/aromatic N) is 3. The molecular weight excluding hydrogens is 178 g/mol. The molecule has 2 aromatic heterocycles. The summed E-state index contributed by atoms with van der Waals surface area (Å²) >= 11 is 0. The molecule has 4 nitrogen and oxygen atoms in total. The van der Waals surface area contributed by atoms with Gasteiger partial charge >= 0.3 is 0 Å². The Morgan fingerprint density at radius 3 is 2.79 bits per heavy atom. The van der Waals surface area contributed by atoms with E-state index in [1.54, 1.807) is 6.92 Å². The molecule has 0 spiro atoms. The Kier molecular flexibility index (Phi) is 2.26. The van der Waals surface area contributed by atoms with Gasteiger partial charge in [0.05, 0.1) is 0 Å². The predicted octanol–water partition coefficient (Wildman–Crippen LogP) is 2.00. The SMILES string of the molecule is CCc1cccc(-c2noc(C)n2)n1. The quantitative estimate of drug-likeness (QED) is 0.725. The molecule has 14 heavy (non-hydrogen) atoms. The molecule has 72 valence electrons. The summed E-state index contributed by atoms with van der Waals surface area (Å²) in [5, 5.41) is 3.81. The maximum absolute atomic E-state index is 4.89. The molecule has 0 radical (unpaired) electrons. The van der Waals surface area contributed by atoms with E-state index < -0.39 is 0 Å². The molecule has 2 rings (SSSR count). The van der Waals surface area contributed by atoms with Crippen LogP contribution < -0.4 is 0 Å². The van der Waals surface area contributed by atoms with Crippen LogP contribution in [0.15, 0.2) is 22.7 Å². The van der Waals surface area contributed by atoms with Gasteiger partial charge in [-0.2, -0.15) is 4.98 Å².